The summed E-state index contributed by atoms with van der Waals surface area (Å²) in [5, 5.41) is 21.2. The molecular weight excluding hydrogens is 244 g/mol. The van der Waals surface area contributed by atoms with Crippen molar-refractivity contribution in [2.75, 3.05) is 5.32 Å². The highest BCUT2D eigenvalue weighted by Crippen LogP contribution is 2.08. The number of aromatic nitrogens is 2. The van der Waals surface area contributed by atoms with E-state index in [1.54, 1.807) is 0 Å². The van der Waals surface area contributed by atoms with Crippen molar-refractivity contribution in [2.45, 2.75) is 26.3 Å². The first-order chi connectivity index (χ1) is 7.99. The van der Waals surface area contributed by atoms with E-state index in [1.165, 1.54) is 5.51 Å². The SMILES string of the molecule is CC(C)CC(NC(=O)Nc1nncs1)C(=O)O. The third-order valence-electron chi connectivity index (χ3n) is 1.89. The molecule has 1 heterocycles. The van der Waals surface area contributed by atoms with Crippen molar-refractivity contribution >= 4 is 28.5 Å². The first-order valence-corrected chi connectivity index (χ1v) is 5.93. The second-order valence-electron chi connectivity index (χ2n) is 3.86. The summed E-state index contributed by atoms with van der Waals surface area (Å²) in [4.78, 5) is 22.4. The Bertz CT molecular complexity index is 380. The van der Waals surface area contributed by atoms with Gasteiger partial charge in [-0.05, 0) is 12.3 Å². The van der Waals surface area contributed by atoms with Crippen LogP contribution in [0.1, 0.15) is 20.3 Å². The maximum Gasteiger partial charge on any atom is 0.326 e. The van der Waals surface area contributed by atoms with E-state index < -0.39 is 18.0 Å². The Kier molecular flexibility index (Phi) is 4.83. The Hall–Kier alpha value is -1.70. The Morgan fingerprint density at radius 3 is 2.71 bits per heavy atom. The fraction of sp³-hybridized carbons (Fsp3) is 0.556. The quantitative estimate of drug-likeness (QED) is 0.735. The minimum Gasteiger partial charge on any atom is -0.480 e. The summed E-state index contributed by atoms with van der Waals surface area (Å²) in [6.45, 7) is 3.78. The van der Waals surface area contributed by atoms with Crippen LogP contribution in [0.5, 0.6) is 0 Å². The molecule has 1 atom stereocenters. The number of carbonyl (C=O) groups is 2. The predicted octanol–water partition coefficient (Wildman–Crippen LogP) is 1.16. The van der Waals surface area contributed by atoms with Gasteiger partial charge in [0, 0.05) is 0 Å². The lowest BCUT2D eigenvalue weighted by Crippen LogP contribution is -2.43. The lowest BCUT2D eigenvalue weighted by molar-refractivity contribution is -0.139. The van der Waals surface area contributed by atoms with Crippen molar-refractivity contribution in [1.29, 1.82) is 0 Å². The zero-order chi connectivity index (χ0) is 12.8. The third kappa shape index (κ3) is 4.77. The van der Waals surface area contributed by atoms with E-state index >= 15 is 0 Å². The molecule has 0 bridgehead atoms. The summed E-state index contributed by atoms with van der Waals surface area (Å²) in [5.41, 5.74) is 1.47. The van der Waals surface area contributed by atoms with Gasteiger partial charge in [-0.25, -0.2) is 9.59 Å². The molecule has 2 amide bonds. The fourth-order valence-electron chi connectivity index (χ4n) is 1.21. The van der Waals surface area contributed by atoms with Gasteiger partial charge in [-0.1, -0.05) is 25.2 Å². The molecule has 17 heavy (non-hydrogen) atoms. The van der Waals surface area contributed by atoms with E-state index in [0.29, 0.717) is 11.6 Å². The van der Waals surface area contributed by atoms with Crippen LogP contribution in [0.3, 0.4) is 0 Å². The van der Waals surface area contributed by atoms with Crippen LogP contribution in [-0.4, -0.2) is 33.3 Å². The molecule has 0 aliphatic rings. The summed E-state index contributed by atoms with van der Waals surface area (Å²) in [5.74, 6) is -0.871. The second kappa shape index (κ2) is 6.14. The maximum absolute atomic E-state index is 11.5. The second-order valence-corrected chi connectivity index (χ2v) is 4.70. The smallest absolute Gasteiger partial charge is 0.326 e. The number of nitrogens with zero attached hydrogens (tertiary/aromatic N) is 2. The number of aliphatic carboxylic acids is 1. The van der Waals surface area contributed by atoms with Crippen molar-refractivity contribution < 1.29 is 14.7 Å². The zero-order valence-corrected chi connectivity index (χ0v) is 10.3. The molecule has 8 heteroatoms. The van der Waals surface area contributed by atoms with Crippen LogP contribution >= 0.6 is 11.3 Å². The highest BCUT2D eigenvalue weighted by Gasteiger charge is 2.21. The van der Waals surface area contributed by atoms with Crippen LogP contribution in [-0.2, 0) is 4.79 Å². The third-order valence-corrected chi connectivity index (χ3v) is 2.50. The fourth-order valence-corrected chi connectivity index (χ4v) is 1.65. The molecule has 0 aliphatic carbocycles. The van der Waals surface area contributed by atoms with Crippen LogP contribution < -0.4 is 10.6 Å². The summed E-state index contributed by atoms with van der Waals surface area (Å²) >= 11 is 1.16. The number of hydrogen-bond acceptors (Lipinski definition) is 5. The van der Waals surface area contributed by atoms with Gasteiger partial charge in [0.2, 0.25) is 5.13 Å². The topological polar surface area (TPSA) is 104 Å². The number of carboxylic acid groups (broad SMARTS) is 1. The molecule has 0 aliphatic heterocycles. The molecule has 0 saturated carbocycles. The number of carbonyl (C=O) groups excluding carboxylic acids is 1. The molecule has 1 rings (SSSR count). The summed E-state index contributed by atoms with van der Waals surface area (Å²) in [7, 11) is 0. The lowest BCUT2D eigenvalue weighted by atomic mass is 10.0. The van der Waals surface area contributed by atoms with Crippen molar-refractivity contribution in [3.63, 3.8) is 0 Å². The van der Waals surface area contributed by atoms with Gasteiger partial charge in [-0.3, -0.25) is 5.32 Å². The van der Waals surface area contributed by atoms with Gasteiger partial charge in [0.25, 0.3) is 0 Å². The lowest BCUT2D eigenvalue weighted by Gasteiger charge is -2.16. The molecule has 94 valence electrons. The van der Waals surface area contributed by atoms with Crippen LogP contribution in [0.15, 0.2) is 5.51 Å². The normalized spacial score (nSPS) is 12.2. The average Bonchev–Trinajstić information content (AvgIpc) is 2.68. The summed E-state index contributed by atoms with van der Waals surface area (Å²) in [6.07, 6.45) is 0.374. The van der Waals surface area contributed by atoms with E-state index in [4.69, 9.17) is 5.11 Å². The first-order valence-electron chi connectivity index (χ1n) is 5.05. The van der Waals surface area contributed by atoms with Gasteiger partial charge in [0.1, 0.15) is 11.6 Å². The van der Waals surface area contributed by atoms with E-state index in [0.717, 1.165) is 11.3 Å². The molecule has 0 saturated heterocycles. The van der Waals surface area contributed by atoms with Crippen LogP contribution in [0.4, 0.5) is 9.93 Å². The molecule has 7 nitrogen and oxygen atoms in total. The molecule has 0 spiro atoms. The maximum atomic E-state index is 11.5. The molecule has 3 N–H and O–H groups in total. The van der Waals surface area contributed by atoms with Gasteiger partial charge < -0.3 is 10.4 Å². The Morgan fingerprint density at radius 2 is 2.24 bits per heavy atom. The molecular formula is C9H14N4O3S. The van der Waals surface area contributed by atoms with Crippen molar-refractivity contribution in [3.05, 3.63) is 5.51 Å². The van der Waals surface area contributed by atoms with Gasteiger partial charge in [0.15, 0.2) is 0 Å². The number of hydrogen-bond donors (Lipinski definition) is 3. The monoisotopic (exact) mass is 258 g/mol. The molecule has 0 radical (unpaired) electrons. The Labute approximate surface area is 102 Å². The summed E-state index contributed by atoms with van der Waals surface area (Å²) in [6, 6.07) is -1.49. The van der Waals surface area contributed by atoms with E-state index in [9.17, 15) is 9.59 Å². The number of urea groups is 1. The minimum atomic E-state index is -1.05. The van der Waals surface area contributed by atoms with E-state index in [1.807, 2.05) is 13.8 Å². The molecule has 1 aromatic rings. The number of nitrogens with one attached hydrogen (secondary N) is 2. The number of rotatable bonds is 5. The predicted molar refractivity (Wildman–Crippen MR) is 62.9 cm³/mol. The van der Waals surface area contributed by atoms with E-state index in [-0.39, 0.29) is 5.92 Å². The molecule has 0 aromatic carbocycles. The van der Waals surface area contributed by atoms with Crippen LogP contribution in [0.25, 0.3) is 0 Å². The summed E-state index contributed by atoms with van der Waals surface area (Å²) < 4.78 is 0. The number of anilines is 1. The van der Waals surface area contributed by atoms with Crippen molar-refractivity contribution in [1.82, 2.24) is 15.5 Å². The molecule has 1 unspecified atom stereocenters. The highest BCUT2D eigenvalue weighted by atomic mass is 32.1. The minimum absolute atomic E-state index is 0.179. The van der Waals surface area contributed by atoms with Crippen molar-refractivity contribution in [2.24, 2.45) is 5.92 Å². The van der Waals surface area contributed by atoms with Crippen LogP contribution in [0, 0.1) is 5.92 Å². The number of amides is 2. The largest absolute Gasteiger partial charge is 0.480 e. The van der Waals surface area contributed by atoms with Gasteiger partial charge in [-0.15, -0.1) is 10.2 Å². The van der Waals surface area contributed by atoms with E-state index in [2.05, 4.69) is 20.8 Å². The Morgan fingerprint density at radius 1 is 1.53 bits per heavy atom. The zero-order valence-electron chi connectivity index (χ0n) is 9.51. The number of carboxylic acids is 1. The van der Waals surface area contributed by atoms with Gasteiger partial charge in [0.05, 0.1) is 0 Å². The van der Waals surface area contributed by atoms with Gasteiger partial charge >= 0.3 is 12.0 Å². The molecule has 1 aromatic heterocycles. The average molecular weight is 258 g/mol. The molecule has 0 fully saturated rings. The first kappa shape index (κ1) is 13.4. The van der Waals surface area contributed by atoms with Crippen LogP contribution in [0.2, 0.25) is 0 Å². The standard InChI is InChI=1S/C9H14N4O3S/c1-5(2)3-6(7(14)15)11-8(16)12-9-13-10-4-17-9/h4-6H,3H2,1-2H3,(H,14,15)(H2,11,12,13,16). The van der Waals surface area contributed by atoms with Crippen molar-refractivity contribution in [3.8, 4) is 0 Å². The Balaban J connectivity index is 2.49. The van der Waals surface area contributed by atoms with Gasteiger partial charge in [-0.2, -0.15) is 0 Å². The highest BCUT2D eigenvalue weighted by molar-refractivity contribution is 7.13.